The van der Waals surface area contributed by atoms with Crippen LogP contribution in [0, 0.1) is 24.7 Å². The second kappa shape index (κ2) is 12.2. The third kappa shape index (κ3) is 6.58. The summed E-state index contributed by atoms with van der Waals surface area (Å²) >= 11 is 0. The summed E-state index contributed by atoms with van der Waals surface area (Å²) in [4.78, 5) is 12.7. The van der Waals surface area contributed by atoms with Crippen molar-refractivity contribution in [1.82, 2.24) is 5.32 Å². The number of nitrogens with one attached hydrogen (secondary N) is 1. The van der Waals surface area contributed by atoms with Crippen LogP contribution in [0.3, 0.4) is 0 Å². The summed E-state index contributed by atoms with van der Waals surface area (Å²) in [5, 5.41) is 2.92. The molecule has 0 aliphatic carbocycles. The van der Waals surface area contributed by atoms with Crippen molar-refractivity contribution in [2.45, 2.75) is 25.9 Å². The van der Waals surface area contributed by atoms with Gasteiger partial charge in [0.25, 0.3) is 5.91 Å². The van der Waals surface area contributed by atoms with Crippen LogP contribution in [0.2, 0.25) is 0 Å². The van der Waals surface area contributed by atoms with Gasteiger partial charge < -0.3 is 19.5 Å². The maximum Gasteiger partial charge on any atom is 0.253 e. The van der Waals surface area contributed by atoms with Crippen LogP contribution < -0.4 is 14.8 Å². The van der Waals surface area contributed by atoms with E-state index in [1.807, 2.05) is 36.4 Å². The number of methoxy groups -OCH3 is 1. The minimum Gasteiger partial charge on any atom is -0.493 e. The standard InChI is InChI=1S/C25H27NO4/c1-5-16-29-22-13-10-20(18-23(22)28-4)14-15-26-25(27)24(30-17-6-2)21-11-8-19(7-3)9-12-21/h1-2,8-13,18,24H,7,14-17H2,3-4H3,(H,26,27). The molecule has 5 nitrogen and oxygen atoms in total. The number of ether oxygens (including phenoxy) is 3. The molecule has 0 saturated carbocycles. The van der Waals surface area contributed by atoms with E-state index in [1.165, 1.54) is 5.56 Å². The van der Waals surface area contributed by atoms with Gasteiger partial charge in [0, 0.05) is 6.54 Å². The Morgan fingerprint density at radius 3 is 2.37 bits per heavy atom. The molecule has 0 radical (unpaired) electrons. The highest BCUT2D eigenvalue weighted by molar-refractivity contribution is 5.82. The van der Waals surface area contributed by atoms with Crippen molar-refractivity contribution in [1.29, 1.82) is 0 Å². The average Bonchev–Trinajstić information content (AvgIpc) is 2.78. The molecule has 30 heavy (non-hydrogen) atoms. The first kappa shape index (κ1) is 22.9. The normalized spacial score (nSPS) is 11.1. The summed E-state index contributed by atoms with van der Waals surface area (Å²) in [6.07, 6.45) is 11.3. The van der Waals surface area contributed by atoms with Crippen molar-refractivity contribution >= 4 is 5.91 Å². The number of amides is 1. The summed E-state index contributed by atoms with van der Waals surface area (Å²) in [7, 11) is 1.57. The van der Waals surface area contributed by atoms with Gasteiger partial charge in [0.1, 0.15) is 13.2 Å². The molecule has 1 N–H and O–H groups in total. The molecular formula is C25H27NO4. The Balaban J connectivity index is 1.99. The second-order valence-corrected chi connectivity index (χ2v) is 6.51. The van der Waals surface area contributed by atoms with Crippen LogP contribution in [-0.4, -0.2) is 32.8 Å². The summed E-state index contributed by atoms with van der Waals surface area (Å²) in [5.41, 5.74) is 2.96. The lowest BCUT2D eigenvalue weighted by Gasteiger charge is -2.17. The monoisotopic (exact) mass is 405 g/mol. The number of aryl methyl sites for hydroxylation is 1. The lowest BCUT2D eigenvalue weighted by Crippen LogP contribution is -2.32. The molecule has 156 valence electrons. The van der Waals surface area contributed by atoms with Gasteiger partial charge in [-0.3, -0.25) is 4.79 Å². The third-order valence-corrected chi connectivity index (χ3v) is 4.51. The maximum atomic E-state index is 12.7. The van der Waals surface area contributed by atoms with E-state index in [0.717, 1.165) is 17.5 Å². The lowest BCUT2D eigenvalue weighted by molar-refractivity contribution is -0.132. The molecule has 0 saturated heterocycles. The van der Waals surface area contributed by atoms with E-state index in [0.29, 0.717) is 24.5 Å². The number of rotatable bonds is 11. The van der Waals surface area contributed by atoms with Gasteiger partial charge in [0.2, 0.25) is 0 Å². The van der Waals surface area contributed by atoms with Crippen LogP contribution in [0.1, 0.15) is 29.7 Å². The Morgan fingerprint density at radius 1 is 1.03 bits per heavy atom. The first-order valence-electron chi connectivity index (χ1n) is 9.77. The molecular weight excluding hydrogens is 378 g/mol. The predicted molar refractivity (Wildman–Crippen MR) is 117 cm³/mol. The van der Waals surface area contributed by atoms with E-state index in [-0.39, 0.29) is 19.1 Å². The number of carbonyl (C=O) groups is 1. The number of hydrogen-bond donors (Lipinski definition) is 1. The molecule has 0 bridgehead atoms. The largest absolute Gasteiger partial charge is 0.493 e. The Hall–Kier alpha value is -3.41. The third-order valence-electron chi connectivity index (χ3n) is 4.51. The van der Waals surface area contributed by atoms with Crippen molar-refractivity contribution in [2.75, 3.05) is 26.9 Å². The smallest absolute Gasteiger partial charge is 0.253 e. The van der Waals surface area contributed by atoms with Gasteiger partial charge in [0.05, 0.1) is 7.11 Å². The van der Waals surface area contributed by atoms with Gasteiger partial charge in [0.15, 0.2) is 17.6 Å². The molecule has 0 aromatic heterocycles. The lowest BCUT2D eigenvalue weighted by atomic mass is 10.0. The fourth-order valence-corrected chi connectivity index (χ4v) is 2.91. The van der Waals surface area contributed by atoms with Gasteiger partial charge in [-0.25, -0.2) is 0 Å². The first-order chi connectivity index (χ1) is 14.6. The minimum absolute atomic E-state index is 0.0595. The van der Waals surface area contributed by atoms with Crippen LogP contribution in [0.15, 0.2) is 42.5 Å². The van der Waals surface area contributed by atoms with Crippen LogP contribution >= 0.6 is 0 Å². The Morgan fingerprint density at radius 2 is 1.73 bits per heavy atom. The summed E-state index contributed by atoms with van der Waals surface area (Å²) in [6.45, 7) is 2.75. The Kier molecular flexibility index (Phi) is 9.31. The van der Waals surface area contributed by atoms with Crippen LogP contribution in [0.25, 0.3) is 0 Å². The van der Waals surface area contributed by atoms with E-state index >= 15 is 0 Å². The molecule has 0 fully saturated rings. The van der Waals surface area contributed by atoms with Crippen LogP contribution in [0.4, 0.5) is 0 Å². The highest BCUT2D eigenvalue weighted by Gasteiger charge is 2.21. The highest BCUT2D eigenvalue weighted by Crippen LogP contribution is 2.28. The Labute approximate surface area is 178 Å². The second-order valence-electron chi connectivity index (χ2n) is 6.51. The summed E-state index contributed by atoms with van der Waals surface area (Å²) in [5.74, 6) is 5.80. The zero-order valence-corrected chi connectivity index (χ0v) is 17.4. The number of terminal acetylenes is 2. The van der Waals surface area contributed by atoms with E-state index in [4.69, 9.17) is 27.1 Å². The van der Waals surface area contributed by atoms with Gasteiger partial charge in [-0.15, -0.1) is 12.8 Å². The fraction of sp³-hybridized carbons (Fsp3) is 0.320. The van der Waals surface area contributed by atoms with E-state index in [2.05, 4.69) is 24.1 Å². The van der Waals surface area contributed by atoms with E-state index in [1.54, 1.807) is 13.2 Å². The molecule has 2 aromatic carbocycles. The maximum absolute atomic E-state index is 12.7. The predicted octanol–water partition coefficient (Wildman–Crippen LogP) is 3.32. The van der Waals surface area contributed by atoms with Crippen molar-refractivity contribution < 1.29 is 19.0 Å². The molecule has 5 heteroatoms. The topological polar surface area (TPSA) is 56.8 Å². The summed E-state index contributed by atoms with van der Waals surface area (Å²) in [6, 6.07) is 13.4. The zero-order chi connectivity index (χ0) is 21.8. The van der Waals surface area contributed by atoms with E-state index in [9.17, 15) is 4.79 Å². The zero-order valence-electron chi connectivity index (χ0n) is 17.4. The fourth-order valence-electron chi connectivity index (χ4n) is 2.91. The highest BCUT2D eigenvalue weighted by atomic mass is 16.5. The van der Waals surface area contributed by atoms with Crippen molar-refractivity contribution in [3.63, 3.8) is 0 Å². The van der Waals surface area contributed by atoms with E-state index < -0.39 is 6.10 Å². The molecule has 0 spiro atoms. The van der Waals surface area contributed by atoms with Crippen molar-refractivity contribution in [3.8, 4) is 36.2 Å². The van der Waals surface area contributed by atoms with Crippen LogP contribution in [-0.2, 0) is 22.4 Å². The Bertz CT molecular complexity index is 906. The molecule has 1 amide bonds. The van der Waals surface area contributed by atoms with Crippen molar-refractivity contribution in [2.24, 2.45) is 0 Å². The molecule has 2 rings (SSSR count). The van der Waals surface area contributed by atoms with Gasteiger partial charge in [-0.1, -0.05) is 49.1 Å². The number of hydrogen-bond acceptors (Lipinski definition) is 4. The molecule has 1 atom stereocenters. The summed E-state index contributed by atoms with van der Waals surface area (Å²) < 4.78 is 16.4. The van der Waals surface area contributed by atoms with Gasteiger partial charge >= 0.3 is 0 Å². The SMILES string of the molecule is C#CCOc1ccc(CCNC(=O)C(OCC#C)c2ccc(CC)cc2)cc1OC. The molecule has 0 heterocycles. The number of benzene rings is 2. The molecule has 0 aliphatic heterocycles. The van der Waals surface area contributed by atoms with Crippen LogP contribution in [0.5, 0.6) is 11.5 Å². The quantitative estimate of drug-likeness (QED) is 0.583. The average molecular weight is 405 g/mol. The minimum atomic E-state index is -0.749. The first-order valence-corrected chi connectivity index (χ1v) is 9.77. The van der Waals surface area contributed by atoms with Crippen molar-refractivity contribution in [3.05, 3.63) is 59.2 Å². The van der Waals surface area contributed by atoms with Gasteiger partial charge in [-0.05, 0) is 41.7 Å². The molecule has 2 aromatic rings. The van der Waals surface area contributed by atoms with Gasteiger partial charge in [-0.2, -0.15) is 0 Å². The molecule has 1 unspecified atom stereocenters. The molecule has 0 aliphatic rings. The number of carbonyl (C=O) groups excluding carboxylic acids is 1.